The van der Waals surface area contributed by atoms with Crippen LogP contribution in [0.25, 0.3) is 11.3 Å². The summed E-state index contributed by atoms with van der Waals surface area (Å²) >= 11 is 1.25. The molecule has 1 aromatic heterocycles. The Hall–Kier alpha value is -3.44. The summed E-state index contributed by atoms with van der Waals surface area (Å²) in [5, 5.41) is 10.3. The minimum atomic E-state index is -0.540. The van der Waals surface area contributed by atoms with Gasteiger partial charge in [0.15, 0.2) is 0 Å². The zero-order valence-electron chi connectivity index (χ0n) is 16.2. The van der Waals surface area contributed by atoms with Crippen LogP contribution < -0.4 is 10.4 Å². The van der Waals surface area contributed by atoms with Crippen LogP contribution in [-0.4, -0.2) is 5.11 Å². The van der Waals surface area contributed by atoms with Gasteiger partial charge in [0.25, 0.3) is 0 Å². The Morgan fingerprint density at radius 2 is 1.50 bits per heavy atom. The first kappa shape index (κ1) is 19.9. The Kier molecular flexibility index (Phi) is 6.20. The average Bonchev–Trinajstić information content (AvgIpc) is 2.79. The molecule has 0 aliphatic rings. The van der Waals surface area contributed by atoms with Gasteiger partial charge in [-0.3, -0.25) is 0 Å². The van der Waals surface area contributed by atoms with E-state index in [9.17, 15) is 9.90 Å². The molecule has 3 aromatic carbocycles. The van der Waals surface area contributed by atoms with E-state index in [2.05, 4.69) is 0 Å². The molecule has 0 spiro atoms. The monoisotopic (exact) mass is 416 g/mol. The standard InChI is InChI=1S/C25H20O4S/c26-22-15-23(20-9-5-2-6-10-20)29-25(27)24(22)30-17-19-11-13-21(14-12-19)28-16-18-7-3-1-4-8-18/h1-15,26H,16-17H2. The lowest BCUT2D eigenvalue weighted by molar-refractivity contribution is 0.306. The van der Waals surface area contributed by atoms with E-state index >= 15 is 0 Å². The second-order valence-electron chi connectivity index (χ2n) is 6.69. The van der Waals surface area contributed by atoms with Crippen molar-refractivity contribution in [1.82, 2.24) is 0 Å². The average molecular weight is 416 g/mol. The molecule has 30 heavy (non-hydrogen) atoms. The van der Waals surface area contributed by atoms with E-state index < -0.39 is 5.63 Å². The van der Waals surface area contributed by atoms with E-state index in [0.717, 1.165) is 22.4 Å². The Morgan fingerprint density at radius 3 is 2.17 bits per heavy atom. The third kappa shape index (κ3) is 4.93. The van der Waals surface area contributed by atoms with Gasteiger partial charge in [0.2, 0.25) is 0 Å². The fourth-order valence-electron chi connectivity index (χ4n) is 2.93. The fraction of sp³-hybridized carbons (Fsp3) is 0.0800. The van der Waals surface area contributed by atoms with Gasteiger partial charge in [0, 0.05) is 17.4 Å². The highest BCUT2D eigenvalue weighted by Gasteiger charge is 2.13. The van der Waals surface area contributed by atoms with Crippen LogP contribution in [0, 0.1) is 0 Å². The SMILES string of the molecule is O=c1oc(-c2ccccc2)cc(O)c1SCc1ccc(OCc2ccccc2)cc1. The van der Waals surface area contributed by atoms with Gasteiger partial charge in [-0.2, -0.15) is 0 Å². The summed E-state index contributed by atoms with van der Waals surface area (Å²) in [4.78, 5) is 12.6. The van der Waals surface area contributed by atoms with Crippen molar-refractivity contribution in [3.05, 3.63) is 113 Å². The van der Waals surface area contributed by atoms with E-state index in [4.69, 9.17) is 9.15 Å². The molecule has 1 N–H and O–H groups in total. The second-order valence-corrected chi connectivity index (χ2v) is 7.67. The third-order valence-electron chi connectivity index (χ3n) is 4.50. The molecular formula is C25H20O4S. The highest BCUT2D eigenvalue weighted by Crippen LogP contribution is 2.31. The molecular weight excluding hydrogens is 396 g/mol. The van der Waals surface area contributed by atoms with Crippen LogP contribution in [0.3, 0.4) is 0 Å². The maximum atomic E-state index is 12.4. The predicted molar refractivity (Wildman–Crippen MR) is 119 cm³/mol. The number of ether oxygens (including phenoxy) is 1. The van der Waals surface area contributed by atoms with E-state index in [-0.39, 0.29) is 10.6 Å². The molecule has 0 aliphatic heterocycles. The highest BCUT2D eigenvalue weighted by molar-refractivity contribution is 7.98. The van der Waals surface area contributed by atoms with Gasteiger partial charge in [-0.1, -0.05) is 72.8 Å². The summed E-state index contributed by atoms with van der Waals surface area (Å²) in [6, 6.07) is 28.4. The molecule has 0 radical (unpaired) electrons. The Morgan fingerprint density at radius 1 is 0.833 bits per heavy atom. The topological polar surface area (TPSA) is 59.7 Å². The van der Waals surface area contributed by atoms with Crippen molar-refractivity contribution in [3.63, 3.8) is 0 Å². The van der Waals surface area contributed by atoms with Crippen molar-refractivity contribution in [2.45, 2.75) is 17.3 Å². The minimum Gasteiger partial charge on any atom is -0.506 e. The smallest absolute Gasteiger partial charge is 0.353 e. The number of aromatic hydroxyl groups is 1. The molecule has 0 saturated carbocycles. The molecule has 0 aliphatic carbocycles. The van der Waals surface area contributed by atoms with Crippen LogP contribution in [0.5, 0.6) is 11.5 Å². The number of hydrogen-bond acceptors (Lipinski definition) is 5. The van der Waals surface area contributed by atoms with Crippen LogP contribution in [0.4, 0.5) is 0 Å². The molecule has 1 heterocycles. The summed E-state index contributed by atoms with van der Waals surface area (Å²) in [7, 11) is 0. The molecule has 0 saturated heterocycles. The molecule has 0 bridgehead atoms. The second kappa shape index (κ2) is 9.37. The summed E-state index contributed by atoms with van der Waals surface area (Å²) in [5.41, 5.74) is 2.32. The summed E-state index contributed by atoms with van der Waals surface area (Å²) in [6.45, 7) is 0.512. The Labute approximate surface area is 178 Å². The largest absolute Gasteiger partial charge is 0.506 e. The molecule has 4 nitrogen and oxygen atoms in total. The molecule has 0 unspecified atom stereocenters. The van der Waals surface area contributed by atoms with Gasteiger partial charge in [-0.25, -0.2) is 4.79 Å². The maximum absolute atomic E-state index is 12.4. The van der Waals surface area contributed by atoms with Crippen LogP contribution in [0.2, 0.25) is 0 Å². The van der Waals surface area contributed by atoms with Gasteiger partial charge in [0.05, 0.1) is 0 Å². The van der Waals surface area contributed by atoms with Gasteiger partial charge >= 0.3 is 5.63 Å². The van der Waals surface area contributed by atoms with Gasteiger partial charge in [-0.15, -0.1) is 11.8 Å². The lowest BCUT2D eigenvalue weighted by atomic mass is 10.1. The fourth-order valence-corrected chi connectivity index (χ4v) is 3.80. The molecule has 0 amide bonds. The number of hydrogen-bond donors (Lipinski definition) is 1. The van der Waals surface area contributed by atoms with Crippen molar-refractivity contribution >= 4 is 11.8 Å². The first-order valence-electron chi connectivity index (χ1n) is 9.50. The lowest BCUT2D eigenvalue weighted by Gasteiger charge is -2.08. The molecule has 0 fully saturated rings. The number of benzene rings is 3. The van der Waals surface area contributed by atoms with Gasteiger partial charge < -0.3 is 14.3 Å². The van der Waals surface area contributed by atoms with E-state index in [1.165, 1.54) is 17.8 Å². The Balaban J connectivity index is 1.39. The zero-order chi connectivity index (χ0) is 20.8. The molecule has 5 heteroatoms. The van der Waals surface area contributed by atoms with Crippen molar-refractivity contribution in [3.8, 4) is 22.8 Å². The number of rotatable bonds is 7. The Bertz CT molecular complexity index is 1150. The first-order chi connectivity index (χ1) is 14.7. The van der Waals surface area contributed by atoms with Crippen LogP contribution in [0.15, 0.2) is 105 Å². The molecule has 4 rings (SSSR count). The summed E-state index contributed by atoms with van der Waals surface area (Å²) < 4.78 is 11.2. The van der Waals surface area contributed by atoms with Crippen LogP contribution in [0.1, 0.15) is 11.1 Å². The van der Waals surface area contributed by atoms with Gasteiger partial charge in [0.1, 0.15) is 28.8 Å². The van der Waals surface area contributed by atoms with Crippen molar-refractivity contribution in [2.75, 3.05) is 0 Å². The third-order valence-corrected chi connectivity index (χ3v) is 5.64. The van der Waals surface area contributed by atoms with Crippen molar-refractivity contribution in [1.29, 1.82) is 0 Å². The summed E-state index contributed by atoms with van der Waals surface area (Å²) in [5.74, 6) is 1.59. The van der Waals surface area contributed by atoms with Gasteiger partial charge in [-0.05, 0) is 23.3 Å². The molecule has 0 atom stereocenters. The quantitative estimate of drug-likeness (QED) is 0.381. The van der Waals surface area contributed by atoms with Crippen molar-refractivity contribution in [2.24, 2.45) is 0 Å². The van der Waals surface area contributed by atoms with E-state index in [1.54, 1.807) is 0 Å². The first-order valence-corrected chi connectivity index (χ1v) is 10.5. The normalized spacial score (nSPS) is 10.7. The molecule has 4 aromatic rings. The lowest BCUT2D eigenvalue weighted by Crippen LogP contribution is -2.03. The zero-order valence-corrected chi connectivity index (χ0v) is 17.0. The maximum Gasteiger partial charge on any atom is 0.353 e. The predicted octanol–water partition coefficient (Wildman–Crippen LogP) is 5.88. The van der Waals surface area contributed by atoms with Crippen LogP contribution >= 0.6 is 11.8 Å². The van der Waals surface area contributed by atoms with E-state index in [1.807, 2.05) is 84.9 Å². The minimum absolute atomic E-state index is 0.0714. The summed E-state index contributed by atoms with van der Waals surface area (Å²) in [6.07, 6.45) is 0. The van der Waals surface area contributed by atoms with E-state index in [0.29, 0.717) is 18.1 Å². The molecule has 150 valence electrons. The van der Waals surface area contributed by atoms with Crippen molar-refractivity contribution < 1.29 is 14.3 Å². The highest BCUT2D eigenvalue weighted by atomic mass is 32.2. The van der Waals surface area contributed by atoms with Crippen LogP contribution in [-0.2, 0) is 12.4 Å². The number of thioether (sulfide) groups is 1.